The number of hydrogen-bond donors (Lipinski definition) is 1. The smallest absolute Gasteiger partial charge is 0.219 e. The molecule has 2 saturated heterocycles. The van der Waals surface area contributed by atoms with Gasteiger partial charge in [0.1, 0.15) is 0 Å². The number of amides is 1. The largest absolute Gasteiger partial charge is 0.340 e. The molecule has 0 bridgehead atoms. The number of piperidine rings is 1. The van der Waals surface area contributed by atoms with E-state index in [-0.39, 0.29) is 5.91 Å². The van der Waals surface area contributed by atoms with Gasteiger partial charge < -0.3 is 15.5 Å². The van der Waals surface area contributed by atoms with Crippen LogP contribution in [0, 0.1) is 5.92 Å². The summed E-state index contributed by atoms with van der Waals surface area (Å²) in [6, 6.07) is 0. The van der Waals surface area contributed by atoms with E-state index in [2.05, 4.69) is 9.80 Å². The zero-order chi connectivity index (χ0) is 13.7. The molecule has 2 aliphatic heterocycles. The van der Waals surface area contributed by atoms with Gasteiger partial charge in [0, 0.05) is 52.7 Å². The minimum absolute atomic E-state index is 0.217. The van der Waals surface area contributed by atoms with Crippen LogP contribution < -0.4 is 5.73 Å². The lowest BCUT2D eigenvalue weighted by Gasteiger charge is -2.38. The summed E-state index contributed by atoms with van der Waals surface area (Å²) in [5.74, 6) is 1.05. The van der Waals surface area contributed by atoms with Crippen molar-refractivity contribution in [2.45, 2.75) is 19.8 Å². The first kappa shape index (κ1) is 14.8. The Morgan fingerprint density at radius 2 is 1.68 bits per heavy atom. The monoisotopic (exact) mass is 268 g/mol. The first-order valence-corrected chi connectivity index (χ1v) is 7.59. The van der Waals surface area contributed by atoms with Crippen LogP contribution in [0.1, 0.15) is 19.8 Å². The van der Waals surface area contributed by atoms with Crippen LogP contribution >= 0.6 is 0 Å². The van der Waals surface area contributed by atoms with Gasteiger partial charge in [-0.05, 0) is 31.8 Å². The summed E-state index contributed by atoms with van der Waals surface area (Å²) in [5, 5.41) is 0. The molecule has 0 atom stereocenters. The van der Waals surface area contributed by atoms with Crippen molar-refractivity contribution in [1.29, 1.82) is 0 Å². The molecule has 1 amide bonds. The molecule has 0 spiro atoms. The van der Waals surface area contributed by atoms with Gasteiger partial charge in [-0.15, -0.1) is 0 Å². The van der Waals surface area contributed by atoms with Gasteiger partial charge in [0.05, 0.1) is 0 Å². The van der Waals surface area contributed by atoms with E-state index >= 15 is 0 Å². The summed E-state index contributed by atoms with van der Waals surface area (Å²) in [4.78, 5) is 18.3. The second kappa shape index (κ2) is 7.22. The Morgan fingerprint density at radius 1 is 1.05 bits per heavy atom. The van der Waals surface area contributed by atoms with Crippen molar-refractivity contribution in [2.24, 2.45) is 11.7 Å². The van der Waals surface area contributed by atoms with Crippen LogP contribution in [0.4, 0.5) is 0 Å². The Morgan fingerprint density at radius 3 is 2.21 bits per heavy atom. The van der Waals surface area contributed by atoms with Crippen molar-refractivity contribution < 1.29 is 4.79 Å². The Labute approximate surface area is 116 Å². The number of rotatable bonds is 4. The SMILES string of the molecule is CC(=O)N1CCN(CC2CCN(CCN)CC2)CC1. The van der Waals surface area contributed by atoms with Gasteiger partial charge in [0.15, 0.2) is 0 Å². The van der Waals surface area contributed by atoms with Gasteiger partial charge in [0.25, 0.3) is 0 Å². The molecule has 5 nitrogen and oxygen atoms in total. The second-order valence-corrected chi connectivity index (χ2v) is 5.88. The van der Waals surface area contributed by atoms with Crippen molar-refractivity contribution in [3.63, 3.8) is 0 Å². The Balaban J connectivity index is 1.65. The summed E-state index contributed by atoms with van der Waals surface area (Å²) in [7, 11) is 0. The molecule has 5 heteroatoms. The van der Waals surface area contributed by atoms with Crippen molar-refractivity contribution in [1.82, 2.24) is 14.7 Å². The summed E-state index contributed by atoms with van der Waals surface area (Å²) >= 11 is 0. The fourth-order valence-electron chi connectivity index (χ4n) is 3.19. The number of likely N-dealkylation sites (tertiary alicyclic amines) is 1. The van der Waals surface area contributed by atoms with Crippen LogP contribution in [0.5, 0.6) is 0 Å². The van der Waals surface area contributed by atoms with E-state index in [1.165, 1.54) is 32.5 Å². The predicted molar refractivity (Wildman–Crippen MR) is 76.9 cm³/mol. The number of piperazine rings is 1. The summed E-state index contributed by atoms with van der Waals surface area (Å²) in [5.41, 5.74) is 5.60. The highest BCUT2D eigenvalue weighted by molar-refractivity contribution is 5.73. The van der Waals surface area contributed by atoms with Crippen LogP contribution in [0.15, 0.2) is 0 Å². The standard InChI is InChI=1S/C14H28N4O/c1-13(19)18-10-8-17(9-11-18)12-14-2-5-16(6-3-14)7-4-15/h14H,2-12,15H2,1H3. The third-order valence-electron chi connectivity index (χ3n) is 4.49. The molecule has 0 aromatic rings. The summed E-state index contributed by atoms with van der Waals surface area (Å²) in [6.07, 6.45) is 2.60. The Kier molecular flexibility index (Phi) is 5.60. The summed E-state index contributed by atoms with van der Waals surface area (Å²) < 4.78 is 0. The van der Waals surface area contributed by atoms with Gasteiger partial charge in [-0.1, -0.05) is 0 Å². The highest BCUT2D eigenvalue weighted by atomic mass is 16.2. The molecule has 2 fully saturated rings. The first-order valence-electron chi connectivity index (χ1n) is 7.59. The normalized spacial score (nSPS) is 23.8. The fraction of sp³-hybridized carbons (Fsp3) is 0.929. The van der Waals surface area contributed by atoms with E-state index in [0.29, 0.717) is 0 Å². The van der Waals surface area contributed by atoms with E-state index in [0.717, 1.165) is 45.2 Å². The molecule has 0 aliphatic carbocycles. The topological polar surface area (TPSA) is 52.8 Å². The van der Waals surface area contributed by atoms with Gasteiger partial charge in [-0.25, -0.2) is 0 Å². The maximum absolute atomic E-state index is 11.3. The number of nitrogens with two attached hydrogens (primary N) is 1. The maximum Gasteiger partial charge on any atom is 0.219 e. The average Bonchev–Trinajstić information content (AvgIpc) is 2.42. The molecule has 0 radical (unpaired) electrons. The van der Waals surface area contributed by atoms with Crippen molar-refractivity contribution in [3.8, 4) is 0 Å². The molecule has 0 aromatic heterocycles. The van der Waals surface area contributed by atoms with E-state index < -0.39 is 0 Å². The van der Waals surface area contributed by atoms with Gasteiger partial charge >= 0.3 is 0 Å². The van der Waals surface area contributed by atoms with Crippen molar-refractivity contribution in [2.75, 3.05) is 58.9 Å². The first-order chi connectivity index (χ1) is 9.19. The lowest BCUT2D eigenvalue weighted by molar-refractivity contribution is -0.130. The zero-order valence-corrected chi connectivity index (χ0v) is 12.2. The lowest BCUT2D eigenvalue weighted by Crippen LogP contribution is -2.50. The Hall–Kier alpha value is -0.650. The van der Waals surface area contributed by atoms with Crippen LogP contribution in [0.25, 0.3) is 0 Å². The maximum atomic E-state index is 11.3. The molecule has 2 heterocycles. The van der Waals surface area contributed by atoms with Crippen LogP contribution in [-0.4, -0.2) is 79.5 Å². The van der Waals surface area contributed by atoms with Gasteiger partial charge in [-0.3, -0.25) is 9.69 Å². The fourth-order valence-corrected chi connectivity index (χ4v) is 3.19. The predicted octanol–water partition coefficient (Wildman–Crippen LogP) is -0.179. The van der Waals surface area contributed by atoms with Crippen molar-refractivity contribution in [3.05, 3.63) is 0 Å². The van der Waals surface area contributed by atoms with Crippen molar-refractivity contribution >= 4 is 5.91 Å². The molecule has 0 unspecified atom stereocenters. The minimum Gasteiger partial charge on any atom is -0.340 e. The molecule has 2 N–H and O–H groups in total. The number of carbonyl (C=O) groups is 1. The minimum atomic E-state index is 0.217. The lowest BCUT2D eigenvalue weighted by atomic mass is 9.96. The highest BCUT2D eigenvalue weighted by Crippen LogP contribution is 2.18. The van der Waals surface area contributed by atoms with E-state index in [9.17, 15) is 4.79 Å². The van der Waals surface area contributed by atoms with Crippen LogP contribution in [-0.2, 0) is 4.79 Å². The highest BCUT2D eigenvalue weighted by Gasteiger charge is 2.24. The zero-order valence-electron chi connectivity index (χ0n) is 12.2. The molecule has 0 aromatic carbocycles. The molecule has 0 saturated carbocycles. The quantitative estimate of drug-likeness (QED) is 0.768. The third kappa shape index (κ3) is 4.44. The second-order valence-electron chi connectivity index (χ2n) is 5.88. The van der Waals surface area contributed by atoms with Crippen LogP contribution in [0.2, 0.25) is 0 Å². The van der Waals surface area contributed by atoms with E-state index in [1.807, 2.05) is 4.90 Å². The molecule has 110 valence electrons. The number of carbonyl (C=O) groups excluding carboxylic acids is 1. The molecular formula is C14H28N4O. The molecular weight excluding hydrogens is 240 g/mol. The average molecular weight is 268 g/mol. The number of hydrogen-bond acceptors (Lipinski definition) is 4. The summed E-state index contributed by atoms with van der Waals surface area (Å²) in [6.45, 7) is 11.0. The molecule has 19 heavy (non-hydrogen) atoms. The number of nitrogens with zero attached hydrogens (tertiary/aromatic N) is 3. The van der Waals surface area contributed by atoms with Gasteiger partial charge in [0.2, 0.25) is 5.91 Å². The molecule has 2 rings (SSSR count). The Bertz CT molecular complexity index is 281. The molecule has 2 aliphatic rings. The van der Waals surface area contributed by atoms with Gasteiger partial charge in [-0.2, -0.15) is 0 Å². The van der Waals surface area contributed by atoms with E-state index in [4.69, 9.17) is 5.73 Å². The van der Waals surface area contributed by atoms with Crippen LogP contribution in [0.3, 0.4) is 0 Å². The third-order valence-corrected chi connectivity index (χ3v) is 4.49. The van der Waals surface area contributed by atoms with E-state index in [1.54, 1.807) is 6.92 Å².